The fourth-order valence-electron chi connectivity index (χ4n) is 2.24. The zero-order chi connectivity index (χ0) is 21.4. The molecular formula is C18H38N8S2. The lowest BCUT2D eigenvalue weighted by molar-refractivity contribution is 0.308. The molecule has 162 valence electrons. The fraction of sp³-hybridized carbons (Fsp3) is 0.778. The predicted octanol–water partition coefficient (Wildman–Crippen LogP) is 1.35. The third-order valence-corrected chi connectivity index (χ3v) is 4.86. The molecule has 0 unspecified atom stereocenters. The summed E-state index contributed by atoms with van der Waals surface area (Å²) in [4.78, 5) is 4.65. The Morgan fingerprint density at radius 3 is 1.29 bits per heavy atom. The minimum absolute atomic E-state index is 0.501. The normalized spacial score (nSPS) is 12.3. The van der Waals surface area contributed by atoms with Gasteiger partial charge in [-0.05, 0) is 64.5 Å². The Bertz CT molecular complexity index is 468. The van der Waals surface area contributed by atoms with Gasteiger partial charge in [0, 0.05) is 26.2 Å². The minimum Gasteiger partial charge on any atom is -0.360 e. The highest BCUT2D eigenvalue weighted by Gasteiger charge is 2.02. The molecule has 0 aliphatic carbocycles. The summed E-state index contributed by atoms with van der Waals surface area (Å²) in [6.45, 7) is 19.9. The molecule has 0 saturated carbocycles. The van der Waals surface area contributed by atoms with Crippen LogP contribution in [-0.4, -0.2) is 83.8 Å². The van der Waals surface area contributed by atoms with Crippen LogP contribution in [0.15, 0.2) is 10.2 Å². The number of nitrogens with zero attached hydrogens (tertiary/aromatic N) is 4. The third kappa shape index (κ3) is 12.9. The smallest absolute Gasteiger partial charge is 0.187 e. The van der Waals surface area contributed by atoms with E-state index in [0.717, 1.165) is 63.8 Å². The quantitative estimate of drug-likeness (QED) is 0.198. The second kappa shape index (κ2) is 16.6. The average molecular weight is 431 g/mol. The van der Waals surface area contributed by atoms with E-state index in [4.69, 9.17) is 24.4 Å². The molecule has 0 aromatic carbocycles. The molecule has 0 heterocycles. The van der Waals surface area contributed by atoms with E-state index in [-0.39, 0.29) is 0 Å². The second-order valence-corrected chi connectivity index (χ2v) is 7.00. The predicted molar refractivity (Wildman–Crippen MR) is 129 cm³/mol. The number of thiocarbonyl (C=S) groups is 2. The van der Waals surface area contributed by atoms with Gasteiger partial charge in [-0.2, -0.15) is 10.2 Å². The molecule has 10 heteroatoms. The first-order valence-corrected chi connectivity index (χ1v) is 10.8. The van der Waals surface area contributed by atoms with Crippen molar-refractivity contribution in [2.75, 3.05) is 52.4 Å². The molecule has 8 nitrogen and oxygen atoms in total. The van der Waals surface area contributed by atoms with Crippen molar-refractivity contribution in [3.63, 3.8) is 0 Å². The lowest BCUT2D eigenvalue weighted by atomic mass is 10.3. The second-order valence-electron chi connectivity index (χ2n) is 6.18. The van der Waals surface area contributed by atoms with Gasteiger partial charge >= 0.3 is 0 Å². The monoisotopic (exact) mass is 430 g/mol. The summed E-state index contributed by atoms with van der Waals surface area (Å²) in [5, 5.41) is 15.8. The van der Waals surface area contributed by atoms with E-state index in [9.17, 15) is 0 Å². The van der Waals surface area contributed by atoms with Crippen molar-refractivity contribution in [1.82, 2.24) is 31.3 Å². The Morgan fingerprint density at radius 2 is 1.00 bits per heavy atom. The van der Waals surface area contributed by atoms with E-state index in [2.05, 4.69) is 69.2 Å². The highest BCUT2D eigenvalue weighted by Crippen LogP contribution is 1.86. The van der Waals surface area contributed by atoms with Crippen LogP contribution in [-0.2, 0) is 0 Å². The first-order valence-electron chi connectivity index (χ1n) is 9.99. The van der Waals surface area contributed by atoms with Crippen LogP contribution < -0.4 is 21.5 Å². The maximum atomic E-state index is 5.24. The van der Waals surface area contributed by atoms with Crippen LogP contribution in [0, 0.1) is 0 Å². The maximum absolute atomic E-state index is 5.24. The van der Waals surface area contributed by atoms with Crippen LogP contribution in [0.5, 0.6) is 0 Å². The van der Waals surface area contributed by atoms with Gasteiger partial charge in [0.2, 0.25) is 0 Å². The highest BCUT2D eigenvalue weighted by molar-refractivity contribution is 7.80. The van der Waals surface area contributed by atoms with Gasteiger partial charge in [0.1, 0.15) is 0 Å². The molecule has 0 atom stereocenters. The van der Waals surface area contributed by atoms with Gasteiger partial charge in [0.05, 0.1) is 11.4 Å². The van der Waals surface area contributed by atoms with Gasteiger partial charge in [-0.15, -0.1) is 0 Å². The first-order chi connectivity index (χ1) is 13.4. The van der Waals surface area contributed by atoms with Crippen molar-refractivity contribution in [1.29, 1.82) is 0 Å². The van der Waals surface area contributed by atoms with Gasteiger partial charge in [0.25, 0.3) is 0 Å². The van der Waals surface area contributed by atoms with Crippen LogP contribution >= 0.6 is 24.4 Å². The molecule has 0 amide bonds. The lowest BCUT2D eigenvalue weighted by Gasteiger charge is -2.18. The zero-order valence-corrected chi connectivity index (χ0v) is 19.9. The summed E-state index contributed by atoms with van der Waals surface area (Å²) in [6, 6.07) is 0. The number of hydrazone groups is 2. The molecule has 4 N–H and O–H groups in total. The van der Waals surface area contributed by atoms with Gasteiger partial charge < -0.3 is 20.4 Å². The molecule has 0 fully saturated rings. The molecule has 0 saturated heterocycles. The molecule has 0 aliphatic heterocycles. The van der Waals surface area contributed by atoms with Crippen LogP contribution in [0.2, 0.25) is 0 Å². The largest absolute Gasteiger partial charge is 0.360 e. The number of likely N-dealkylation sites (N-methyl/N-ethyl adjacent to an activating group) is 2. The molecule has 0 aliphatic rings. The zero-order valence-electron chi connectivity index (χ0n) is 18.3. The minimum atomic E-state index is 0.501. The van der Waals surface area contributed by atoms with Gasteiger partial charge in [0.15, 0.2) is 10.2 Å². The van der Waals surface area contributed by atoms with Crippen LogP contribution in [0.4, 0.5) is 0 Å². The third-order valence-electron chi connectivity index (χ3n) is 4.39. The van der Waals surface area contributed by atoms with Crippen LogP contribution in [0.1, 0.15) is 41.5 Å². The van der Waals surface area contributed by atoms with E-state index in [0.29, 0.717) is 10.2 Å². The molecular weight excluding hydrogens is 392 g/mol. The van der Waals surface area contributed by atoms with E-state index in [1.165, 1.54) is 0 Å². The number of nitrogens with one attached hydrogen (secondary N) is 4. The summed E-state index contributed by atoms with van der Waals surface area (Å²) in [5.41, 5.74) is 7.15. The molecule has 0 spiro atoms. The van der Waals surface area contributed by atoms with E-state index >= 15 is 0 Å². The number of rotatable bonds is 13. The summed E-state index contributed by atoms with van der Waals surface area (Å²) in [7, 11) is 0. The standard InChI is InChI=1S/C18H38N8S2/c1-7-25(8-2)13-11-19-17(27)23-21-15(5)16(6)22-24-18(28)20-12-14-26(9-3)10-4/h7-14H2,1-6H3,(H2,19,23,27)(H2,20,24,28)/b21-15-,22-16+. The van der Waals surface area contributed by atoms with Gasteiger partial charge in [-0.25, -0.2) is 0 Å². The number of hydrogen-bond donors (Lipinski definition) is 4. The van der Waals surface area contributed by atoms with E-state index in [1.807, 2.05) is 13.8 Å². The van der Waals surface area contributed by atoms with Crippen LogP contribution in [0.25, 0.3) is 0 Å². The van der Waals surface area contributed by atoms with Crippen molar-refractivity contribution in [3.05, 3.63) is 0 Å². The summed E-state index contributed by atoms with van der Waals surface area (Å²) in [5.74, 6) is 0. The molecule has 0 bridgehead atoms. The molecule has 0 aromatic heterocycles. The maximum Gasteiger partial charge on any atom is 0.187 e. The molecule has 0 rings (SSSR count). The Morgan fingerprint density at radius 1 is 0.679 bits per heavy atom. The van der Waals surface area contributed by atoms with Gasteiger partial charge in [-0.1, -0.05) is 27.7 Å². The molecule has 28 heavy (non-hydrogen) atoms. The number of hydrogen-bond acceptors (Lipinski definition) is 6. The highest BCUT2D eigenvalue weighted by atomic mass is 32.1. The molecule has 0 aromatic rings. The van der Waals surface area contributed by atoms with Gasteiger partial charge in [-0.3, -0.25) is 10.9 Å². The summed E-state index contributed by atoms with van der Waals surface area (Å²) < 4.78 is 0. The van der Waals surface area contributed by atoms with E-state index in [1.54, 1.807) is 0 Å². The van der Waals surface area contributed by atoms with Crippen LogP contribution in [0.3, 0.4) is 0 Å². The topological polar surface area (TPSA) is 79.3 Å². The van der Waals surface area contributed by atoms with Crippen molar-refractivity contribution >= 4 is 46.1 Å². The van der Waals surface area contributed by atoms with Crippen molar-refractivity contribution in [2.24, 2.45) is 10.2 Å². The average Bonchev–Trinajstić information content (AvgIpc) is 2.70. The van der Waals surface area contributed by atoms with Crippen molar-refractivity contribution in [2.45, 2.75) is 41.5 Å². The summed E-state index contributed by atoms with van der Waals surface area (Å²) in [6.07, 6.45) is 0. The fourth-order valence-corrected chi connectivity index (χ4v) is 2.54. The Balaban J connectivity index is 4.20. The SMILES string of the molecule is CCN(CC)CCNC(=S)N/N=C(C)\C(C)=N\NC(=S)NCCN(CC)CC. The summed E-state index contributed by atoms with van der Waals surface area (Å²) >= 11 is 10.5. The first kappa shape index (κ1) is 26.6. The Kier molecular flexibility index (Phi) is 15.8. The van der Waals surface area contributed by atoms with Crippen molar-refractivity contribution < 1.29 is 0 Å². The lowest BCUT2D eigenvalue weighted by Crippen LogP contribution is -2.39. The Hall–Kier alpha value is -1.36. The van der Waals surface area contributed by atoms with E-state index < -0.39 is 0 Å². The van der Waals surface area contributed by atoms with Crippen molar-refractivity contribution in [3.8, 4) is 0 Å². The Labute approximate surface area is 181 Å². The molecule has 0 radical (unpaired) electrons.